The lowest BCUT2D eigenvalue weighted by molar-refractivity contribution is 0.723. The molecule has 1 aromatic carbocycles. The number of rotatable bonds is 3. The number of thioether (sulfide) groups is 1. The molecule has 0 aromatic heterocycles. The molecule has 0 bridgehead atoms. The average molecular weight is 246 g/mol. The Morgan fingerprint density at radius 1 is 1.53 bits per heavy atom. The Kier molecular flexibility index (Phi) is 3.96. The van der Waals surface area contributed by atoms with Crippen molar-refractivity contribution in [3.05, 3.63) is 23.8 Å². The SMILES string of the molecule is CC(C)c1ccc2c(c1)SCC(CCC#N)N2. The molecule has 1 aromatic rings. The maximum absolute atomic E-state index is 8.61. The molecule has 0 fully saturated rings. The van der Waals surface area contributed by atoms with Crippen molar-refractivity contribution in [3.8, 4) is 6.07 Å². The van der Waals surface area contributed by atoms with Crippen LogP contribution >= 0.6 is 11.8 Å². The predicted octanol–water partition coefficient (Wildman–Crippen LogP) is 4.00. The van der Waals surface area contributed by atoms with Crippen LogP contribution in [0.5, 0.6) is 0 Å². The van der Waals surface area contributed by atoms with Gasteiger partial charge in [0.15, 0.2) is 0 Å². The van der Waals surface area contributed by atoms with E-state index >= 15 is 0 Å². The first-order valence-electron chi connectivity index (χ1n) is 6.11. The molecular weight excluding hydrogens is 228 g/mol. The van der Waals surface area contributed by atoms with E-state index in [0.717, 1.165) is 12.2 Å². The van der Waals surface area contributed by atoms with Gasteiger partial charge in [-0.05, 0) is 30.0 Å². The third kappa shape index (κ3) is 2.95. The fourth-order valence-corrected chi connectivity index (χ4v) is 3.12. The molecule has 3 heteroatoms. The van der Waals surface area contributed by atoms with E-state index in [1.165, 1.54) is 16.1 Å². The minimum absolute atomic E-state index is 0.442. The summed E-state index contributed by atoms with van der Waals surface area (Å²) in [5.41, 5.74) is 2.63. The summed E-state index contributed by atoms with van der Waals surface area (Å²) < 4.78 is 0. The maximum atomic E-state index is 8.61. The molecule has 90 valence electrons. The lowest BCUT2D eigenvalue weighted by Crippen LogP contribution is -2.25. The number of nitrogens with one attached hydrogen (secondary N) is 1. The fourth-order valence-electron chi connectivity index (χ4n) is 1.98. The number of nitrogens with zero attached hydrogens (tertiary/aromatic N) is 1. The molecule has 0 saturated carbocycles. The molecular formula is C14H18N2S. The zero-order valence-corrected chi connectivity index (χ0v) is 11.2. The van der Waals surface area contributed by atoms with E-state index in [9.17, 15) is 0 Å². The highest BCUT2D eigenvalue weighted by molar-refractivity contribution is 7.99. The summed E-state index contributed by atoms with van der Waals surface area (Å²) in [5.74, 6) is 1.65. The van der Waals surface area contributed by atoms with Gasteiger partial charge in [-0.25, -0.2) is 0 Å². The monoisotopic (exact) mass is 246 g/mol. The zero-order chi connectivity index (χ0) is 12.3. The number of benzene rings is 1. The molecule has 0 spiro atoms. The zero-order valence-electron chi connectivity index (χ0n) is 10.4. The lowest BCUT2D eigenvalue weighted by Gasteiger charge is -2.26. The van der Waals surface area contributed by atoms with Crippen molar-refractivity contribution in [2.24, 2.45) is 0 Å². The summed E-state index contributed by atoms with van der Waals surface area (Å²) in [5, 5.41) is 12.1. The van der Waals surface area contributed by atoms with Crippen LogP contribution in [0.25, 0.3) is 0 Å². The van der Waals surface area contributed by atoms with Crippen LogP contribution in [-0.4, -0.2) is 11.8 Å². The maximum Gasteiger partial charge on any atom is 0.0622 e. The van der Waals surface area contributed by atoms with Gasteiger partial charge in [0.05, 0.1) is 6.07 Å². The minimum Gasteiger partial charge on any atom is -0.381 e. The molecule has 1 heterocycles. The Bertz CT molecular complexity index is 434. The second-order valence-electron chi connectivity index (χ2n) is 4.76. The molecule has 1 unspecified atom stereocenters. The van der Waals surface area contributed by atoms with Crippen molar-refractivity contribution in [2.45, 2.75) is 43.5 Å². The Labute approximate surface area is 107 Å². The van der Waals surface area contributed by atoms with Gasteiger partial charge in [0, 0.05) is 28.8 Å². The quantitative estimate of drug-likeness (QED) is 0.875. The molecule has 0 amide bonds. The van der Waals surface area contributed by atoms with E-state index in [1.807, 2.05) is 11.8 Å². The number of nitriles is 1. The first kappa shape index (κ1) is 12.3. The van der Waals surface area contributed by atoms with Crippen molar-refractivity contribution in [1.82, 2.24) is 0 Å². The summed E-state index contributed by atoms with van der Waals surface area (Å²) in [6.07, 6.45) is 1.58. The van der Waals surface area contributed by atoms with Gasteiger partial charge in [0.25, 0.3) is 0 Å². The topological polar surface area (TPSA) is 35.8 Å². The van der Waals surface area contributed by atoms with Crippen molar-refractivity contribution in [2.75, 3.05) is 11.1 Å². The van der Waals surface area contributed by atoms with Crippen LogP contribution in [0.1, 0.15) is 38.2 Å². The standard InChI is InChI=1S/C14H18N2S/c1-10(2)11-5-6-13-14(8-11)17-9-12(16-13)4-3-7-15/h5-6,8,10,12,16H,3-4,9H2,1-2H3. The smallest absolute Gasteiger partial charge is 0.0622 e. The van der Waals surface area contributed by atoms with Crippen LogP contribution in [0.15, 0.2) is 23.1 Å². The lowest BCUT2D eigenvalue weighted by atomic mass is 10.0. The predicted molar refractivity (Wildman–Crippen MR) is 73.5 cm³/mol. The van der Waals surface area contributed by atoms with Crippen molar-refractivity contribution < 1.29 is 0 Å². The van der Waals surface area contributed by atoms with Gasteiger partial charge in [-0.3, -0.25) is 0 Å². The first-order valence-corrected chi connectivity index (χ1v) is 7.09. The fraction of sp³-hybridized carbons (Fsp3) is 0.500. The first-order chi connectivity index (χ1) is 8.20. The van der Waals surface area contributed by atoms with E-state index in [1.54, 1.807) is 0 Å². The summed E-state index contributed by atoms with van der Waals surface area (Å²) in [6, 6.07) is 9.32. The third-order valence-corrected chi connectivity index (χ3v) is 4.29. The molecule has 2 nitrogen and oxygen atoms in total. The van der Waals surface area contributed by atoms with Gasteiger partial charge in [-0.2, -0.15) is 5.26 Å². The Morgan fingerprint density at radius 3 is 3.06 bits per heavy atom. The molecule has 0 radical (unpaired) electrons. The number of anilines is 1. The molecule has 1 N–H and O–H groups in total. The summed E-state index contributed by atoms with van der Waals surface area (Å²) in [4.78, 5) is 1.35. The second-order valence-corrected chi connectivity index (χ2v) is 5.82. The van der Waals surface area contributed by atoms with Gasteiger partial charge in [-0.1, -0.05) is 19.9 Å². The van der Waals surface area contributed by atoms with Crippen molar-refractivity contribution >= 4 is 17.4 Å². The van der Waals surface area contributed by atoms with E-state index < -0.39 is 0 Å². The highest BCUT2D eigenvalue weighted by Gasteiger charge is 2.18. The van der Waals surface area contributed by atoms with Crippen molar-refractivity contribution in [1.29, 1.82) is 5.26 Å². The molecule has 1 aliphatic heterocycles. The third-order valence-electron chi connectivity index (χ3n) is 3.08. The van der Waals surface area contributed by atoms with E-state index in [0.29, 0.717) is 18.4 Å². The summed E-state index contributed by atoms with van der Waals surface area (Å²) >= 11 is 1.91. The Balaban J connectivity index is 2.09. The van der Waals surface area contributed by atoms with Crippen LogP contribution < -0.4 is 5.32 Å². The van der Waals surface area contributed by atoms with Gasteiger partial charge in [-0.15, -0.1) is 11.8 Å². The van der Waals surface area contributed by atoms with Crippen LogP contribution in [-0.2, 0) is 0 Å². The van der Waals surface area contributed by atoms with E-state index in [2.05, 4.69) is 43.4 Å². The van der Waals surface area contributed by atoms with E-state index in [-0.39, 0.29) is 0 Å². The van der Waals surface area contributed by atoms with Crippen LogP contribution in [0.3, 0.4) is 0 Å². The van der Waals surface area contributed by atoms with Gasteiger partial charge in [0.1, 0.15) is 0 Å². The number of fused-ring (bicyclic) bond motifs is 1. The minimum atomic E-state index is 0.442. The van der Waals surface area contributed by atoms with E-state index in [4.69, 9.17) is 5.26 Å². The van der Waals surface area contributed by atoms with Gasteiger partial charge < -0.3 is 5.32 Å². The molecule has 0 saturated heterocycles. The van der Waals surface area contributed by atoms with Crippen molar-refractivity contribution in [3.63, 3.8) is 0 Å². The normalized spacial score (nSPS) is 18.4. The van der Waals surface area contributed by atoms with Crippen LogP contribution in [0.4, 0.5) is 5.69 Å². The highest BCUT2D eigenvalue weighted by atomic mass is 32.2. The Morgan fingerprint density at radius 2 is 2.35 bits per heavy atom. The van der Waals surface area contributed by atoms with Crippen LogP contribution in [0, 0.1) is 11.3 Å². The Hall–Kier alpha value is -1.14. The largest absolute Gasteiger partial charge is 0.381 e. The number of hydrogen-bond donors (Lipinski definition) is 1. The molecule has 2 rings (SSSR count). The number of hydrogen-bond acceptors (Lipinski definition) is 3. The molecule has 0 aliphatic carbocycles. The molecule has 17 heavy (non-hydrogen) atoms. The summed E-state index contributed by atoms with van der Waals surface area (Å²) in [7, 11) is 0. The highest BCUT2D eigenvalue weighted by Crippen LogP contribution is 2.36. The average Bonchev–Trinajstić information content (AvgIpc) is 2.35. The summed E-state index contributed by atoms with van der Waals surface area (Å²) in [6.45, 7) is 4.44. The van der Waals surface area contributed by atoms with Gasteiger partial charge in [0.2, 0.25) is 0 Å². The molecule has 1 atom stereocenters. The van der Waals surface area contributed by atoms with Gasteiger partial charge >= 0.3 is 0 Å². The molecule has 1 aliphatic rings. The van der Waals surface area contributed by atoms with Crippen LogP contribution in [0.2, 0.25) is 0 Å². The second kappa shape index (κ2) is 5.46.